The summed E-state index contributed by atoms with van der Waals surface area (Å²) in [6.07, 6.45) is 1.45. The molecule has 0 unspecified atom stereocenters. The van der Waals surface area contributed by atoms with Crippen molar-refractivity contribution in [2.75, 3.05) is 20.3 Å². The number of nitrogens with zero attached hydrogens (tertiary/aromatic N) is 3. The van der Waals surface area contributed by atoms with Gasteiger partial charge < -0.3 is 9.64 Å². The van der Waals surface area contributed by atoms with Crippen LogP contribution in [0.1, 0.15) is 35.4 Å². The van der Waals surface area contributed by atoms with E-state index in [0.717, 1.165) is 35.4 Å². The molecule has 1 aliphatic rings. The zero-order chi connectivity index (χ0) is 18.0. The first-order chi connectivity index (χ1) is 12.0. The van der Waals surface area contributed by atoms with Gasteiger partial charge in [0.05, 0.1) is 11.1 Å². The van der Waals surface area contributed by atoms with E-state index in [1.54, 1.807) is 0 Å². The number of carbonyl (C=O) groups excluding carboxylic acids is 1. The highest BCUT2D eigenvalue weighted by Gasteiger charge is 2.43. The largest absolute Gasteiger partial charge is 0.381 e. The summed E-state index contributed by atoms with van der Waals surface area (Å²) in [7, 11) is 3.84. The first-order valence-electron chi connectivity index (χ1n) is 8.83. The Morgan fingerprint density at radius 1 is 1.24 bits per heavy atom. The van der Waals surface area contributed by atoms with Crippen LogP contribution in [0, 0.1) is 13.8 Å². The van der Waals surface area contributed by atoms with Gasteiger partial charge in [0.1, 0.15) is 0 Å². The Kier molecular flexibility index (Phi) is 4.95. The highest BCUT2D eigenvalue weighted by atomic mass is 16.5. The van der Waals surface area contributed by atoms with Crippen molar-refractivity contribution in [2.45, 2.75) is 38.6 Å². The molecule has 5 nitrogen and oxygen atoms in total. The fraction of sp³-hybridized carbons (Fsp3) is 0.500. The fourth-order valence-corrected chi connectivity index (χ4v) is 3.82. The van der Waals surface area contributed by atoms with Crippen LogP contribution >= 0.6 is 0 Å². The third-order valence-corrected chi connectivity index (χ3v) is 5.48. The Morgan fingerprint density at radius 3 is 2.44 bits per heavy atom. The molecule has 1 aliphatic heterocycles. The smallest absolute Gasteiger partial charge is 0.233 e. The van der Waals surface area contributed by atoms with Crippen molar-refractivity contribution in [3.8, 4) is 0 Å². The second kappa shape index (κ2) is 7.00. The van der Waals surface area contributed by atoms with Crippen LogP contribution < -0.4 is 0 Å². The van der Waals surface area contributed by atoms with Crippen molar-refractivity contribution in [2.24, 2.45) is 7.05 Å². The molecule has 0 radical (unpaired) electrons. The third kappa shape index (κ3) is 3.21. The molecule has 2 heterocycles. The van der Waals surface area contributed by atoms with Crippen molar-refractivity contribution in [3.63, 3.8) is 0 Å². The molecule has 0 spiro atoms. The third-order valence-electron chi connectivity index (χ3n) is 5.48. The average Bonchev–Trinajstić information content (AvgIpc) is 2.88. The summed E-state index contributed by atoms with van der Waals surface area (Å²) in [6.45, 7) is 5.88. The van der Waals surface area contributed by atoms with E-state index in [9.17, 15) is 4.79 Å². The molecular weight excluding hydrogens is 314 g/mol. The number of amides is 1. The van der Waals surface area contributed by atoms with E-state index in [4.69, 9.17) is 4.74 Å². The summed E-state index contributed by atoms with van der Waals surface area (Å²) < 4.78 is 7.43. The number of hydrogen-bond donors (Lipinski definition) is 0. The quantitative estimate of drug-likeness (QED) is 0.859. The molecule has 0 saturated carbocycles. The summed E-state index contributed by atoms with van der Waals surface area (Å²) in [6, 6.07) is 10.1. The number of benzene rings is 1. The zero-order valence-corrected chi connectivity index (χ0v) is 15.6. The van der Waals surface area contributed by atoms with Gasteiger partial charge in [0.15, 0.2) is 0 Å². The molecule has 134 valence electrons. The first kappa shape index (κ1) is 17.7. The summed E-state index contributed by atoms with van der Waals surface area (Å²) in [4.78, 5) is 15.4. The maximum absolute atomic E-state index is 13.5. The van der Waals surface area contributed by atoms with E-state index in [2.05, 4.69) is 24.2 Å². The maximum atomic E-state index is 13.5. The minimum atomic E-state index is -0.488. The van der Waals surface area contributed by atoms with Crippen LogP contribution in [0.3, 0.4) is 0 Å². The van der Waals surface area contributed by atoms with Gasteiger partial charge in [-0.25, -0.2) is 0 Å². The second-order valence-corrected chi connectivity index (χ2v) is 6.99. The minimum absolute atomic E-state index is 0.171. The molecule has 0 aliphatic carbocycles. The number of aromatic nitrogens is 2. The summed E-state index contributed by atoms with van der Waals surface area (Å²) >= 11 is 0. The van der Waals surface area contributed by atoms with Gasteiger partial charge in [0.2, 0.25) is 5.91 Å². The van der Waals surface area contributed by atoms with Crippen molar-refractivity contribution in [1.29, 1.82) is 0 Å². The molecule has 1 amide bonds. The Labute approximate surface area is 149 Å². The second-order valence-electron chi connectivity index (χ2n) is 6.99. The van der Waals surface area contributed by atoms with Crippen LogP contribution in [0.25, 0.3) is 0 Å². The minimum Gasteiger partial charge on any atom is -0.381 e. The van der Waals surface area contributed by atoms with Crippen LogP contribution in [-0.2, 0) is 28.5 Å². The fourth-order valence-electron chi connectivity index (χ4n) is 3.82. The molecular formula is C20H27N3O2. The summed E-state index contributed by atoms with van der Waals surface area (Å²) in [5.41, 5.74) is 3.83. The van der Waals surface area contributed by atoms with Crippen LogP contribution in [0.4, 0.5) is 0 Å². The highest BCUT2D eigenvalue weighted by Crippen LogP contribution is 2.37. The molecule has 0 bridgehead atoms. The number of carbonyl (C=O) groups is 1. The molecule has 1 aromatic heterocycles. The number of ether oxygens (including phenoxy) is 1. The normalized spacial score (nSPS) is 16.6. The van der Waals surface area contributed by atoms with Crippen molar-refractivity contribution >= 4 is 5.91 Å². The maximum Gasteiger partial charge on any atom is 0.233 e. The van der Waals surface area contributed by atoms with E-state index in [1.165, 1.54) is 0 Å². The molecule has 0 atom stereocenters. The molecule has 3 rings (SSSR count). The SMILES string of the molecule is Cc1nn(C)c(C)c1CN(C)C(=O)C1(c2ccccc2)CCOCC1. The monoisotopic (exact) mass is 341 g/mol. The first-order valence-corrected chi connectivity index (χ1v) is 8.83. The number of hydrogen-bond acceptors (Lipinski definition) is 3. The van der Waals surface area contributed by atoms with Crippen molar-refractivity contribution < 1.29 is 9.53 Å². The topological polar surface area (TPSA) is 47.4 Å². The Hall–Kier alpha value is -2.14. The van der Waals surface area contributed by atoms with E-state index < -0.39 is 5.41 Å². The zero-order valence-electron chi connectivity index (χ0n) is 15.6. The molecule has 1 saturated heterocycles. The lowest BCUT2D eigenvalue weighted by Gasteiger charge is -2.39. The van der Waals surface area contributed by atoms with Gasteiger partial charge in [-0.3, -0.25) is 9.48 Å². The molecule has 1 fully saturated rings. The van der Waals surface area contributed by atoms with Gasteiger partial charge >= 0.3 is 0 Å². The molecule has 2 aromatic rings. The van der Waals surface area contributed by atoms with Gasteiger partial charge in [-0.2, -0.15) is 5.10 Å². The van der Waals surface area contributed by atoms with E-state index in [-0.39, 0.29) is 5.91 Å². The number of rotatable bonds is 4. The van der Waals surface area contributed by atoms with Crippen LogP contribution in [0.15, 0.2) is 30.3 Å². The highest BCUT2D eigenvalue weighted by molar-refractivity contribution is 5.88. The predicted octanol–water partition coefficient (Wildman–Crippen LogP) is 2.74. The van der Waals surface area contributed by atoms with Crippen LogP contribution in [0.5, 0.6) is 0 Å². The van der Waals surface area contributed by atoms with Gasteiger partial charge in [-0.1, -0.05) is 30.3 Å². The number of likely N-dealkylation sites (N-methyl/N-ethyl adjacent to an activating group) is 1. The van der Waals surface area contributed by atoms with E-state index in [1.807, 2.05) is 48.8 Å². The Balaban J connectivity index is 1.90. The van der Waals surface area contributed by atoms with Gasteiger partial charge in [-0.15, -0.1) is 0 Å². The summed E-state index contributed by atoms with van der Waals surface area (Å²) in [5.74, 6) is 0.171. The molecule has 25 heavy (non-hydrogen) atoms. The van der Waals surface area contributed by atoms with Crippen molar-refractivity contribution in [3.05, 3.63) is 52.8 Å². The lowest BCUT2D eigenvalue weighted by atomic mass is 9.73. The van der Waals surface area contributed by atoms with E-state index >= 15 is 0 Å². The number of aryl methyl sites for hydroxylation is 2. The summed E-state index contributed by atoms with van der Waals surface area (Å²) in [5, 5.41) is 4.47. The lowest BCUT2D eigenvalue weighted by Crippen LogP contribution is -2.48. The average molecular weight is 341 g/mol. The Bertz CT molecular complexity index is 746. The molecule has 0 N–H and O–H groups in total. The van der Waals surface area contributed by atoms with Gasteiger partial charge in [0.25, 0.3) is 0 Å². The molecule has 5 heteroatoms. The van der Waals surface area contributed by atoms with Crippen LogP contribution in [0.2, 0.25) is 0 Å². The molecule has 1 aromatic carbocycles. The predicted molar refractivity (Wildman–Crippen MR) is 97.3 cm³/mol. The van der Waals surface area contributed by atoms with E-state index in [0.29, 0.717) is 19.8 Å². The van der Waals surface area contributed by atoms with Gasteiger partial charge in [0, 0.05) is 45.1 Å². The standard InChI is InChI=1S/C20H27N3O2/c1-15-18(16(2)23(4)21-15)14-22(3)19(24)20(10-12-25-13-11-20)17-8-6-5-7-9-17/h5-9H,10-14H2,1-4H3. The van der Waals surface area contributed by atoms with Crippen molar-refractivity contribution in [1.82, 2.24) is 14.7 Å². The van der Waals surface area contributed by atoms with Crippen LogP contribution in [-0.4, -0.2) is 40.8 Å². The lowest BCUT2D eigenvalue weighted by molar-refractivity contribution is -0.140. The Morgan fingerprint density at radius 2 is 1.88 bits per heavy atom. The van der Waals surface area contributed by atoms with Gasteiger partial charge in [-0.05, 0) is 32.3 Å².